The highest BCUT2D eigenvalue weighted by molar-refractivity contribution is 8.28. The molecule has 0 aliphatic carbocycles. The number of benzene rings is 2. The van der Waals surface area contributed by atoms with Gasteiger partial charge in [-0.25, -0.2) is 0 Å². The molecule has 2 heterocycles. The van der Waals surface area contributed by atoms with Gasteiger partial charge in [-0.15, -0.1) is 0 Å². The van der Waals surface area contributed by atoms with Crippen LogP contribution in [0.1, 0.15) is 11.1 Å². The summed E-state index contributed by atoms with van der Waals surface area (Å²) >= 11 is 13.5. The van der Waals surface area contributed by atoms with Crippen LogP contribution in [0.5, 0.6) is 0 Å². The quantitative estimate of drug-likeness (QED) is 0.651. The number of hydrogen-bond donors (Lipinski definition) is 0. The topological polar surface area (TPSA) is 40.6 Å². The van der Waals surface area contributed by atoms with Crippen molar-refractivity contribution in [2.75, 3.05) is 9.80 Å². The van der Waals surface area contributed by atoms with E-state index in [1.165, 1.54) is 23.5 Å². The van der Waals surface area contributed by atoms with Gasteiger partial charge in [0, 0.05) is 0 Å². The van der Waals surface area contributed by atoms with Crippen LogP contribution in [-0.4, -0.2) is 31.0 Å². The lowest BCUT2D eigenvalue weighted by molar-refractivity contribution is -0.121. The van der Waals surface area contributed by atoms with Gasteiger partial charge in [0.25, 0.3) is 0 Å². The number of hydrogen-bond acceptors (Lipinski definition) is 6. The Balaban J connectivity index is 1.64. The van der Waals surface area contributed by atoms with E-state index in [0.29, 0.717) is 8.64 Å². The summed E-state index contributed by atoms with van der Waals surface area (Å²) in [7, 11) is 0. The molecular weight excluding hydrogens is 429 g/mol. The highest BCUT2D eigenvalue weighted by Gasteiger charge is 2.51. The van der Waals surface area contributed by atoms with Gasteiger partial charge in [0.05, 0.1) is 11.4 Å². The minimum absolute atomic E-state index is 0.162. The lowest BCUT2D eigenvalue weighted by atomic mass is 10.1. The van der Waals surface area contributed by atoms with Crippen LogP contribution in [0.15, 0.2) is 48.5 Å². The SMILES string of the molecule is Cc1ccccc1N1C(=O)[C@@H]([C@H]2SC(=S)N(c3ccccc3C)C2=O)SC1=S. The van der Waals surface area contributed by atoms with Gasteiger partial charge >= 0.3 is 0 Å². The summed E-state index contributed by atoms with van der Waals surface area (Å²) in [6, 6.07) is 15.2. The first kappa shape index (κ1) is 19.6. The number of rotatable bonds is 3. The molecule has 2 fully saturated rings. The van der Waals surface area contributed by atoms with Gasteiger partial charge in [0.1, 0.15) is 19.1 Å². The van der Waals surface area contributed by atoms with E-state index in [9.17, 15) is 9.59 Å². The summed E-state index contributed by atoms with van der Waals surface area (Å²) in [6.45, 7) is 3.88. The van der Waals surface area contributed by atoms with Gasteiger partial charge in [-0.3, -0.25) is 19.4 Å². The molecule has 4 nitrogen and oxygen atoms in total. The Kier molecular flexibility index (Phi) is 5.30. The van der Waals surface area contributed by atoms with E-state index in [4.69, 9.17) is 24.4 Å². The van der Waals surface area contributed by atoms with Gasteiger partial charge in [-0.05, 0) is 37.1 Å². The van der Waals surface area contributed by atoms with Gasteiger partial charge < -0.3 is 0 Å². The third kappa shape index (κ3) is 3.18. The van der Waals surface area contributed by atoms with Crippen LogP contribution in [-0.2, 0) is 9.59 Å². The van der Waals surface area contributed by atoms with Crippen LogP contribution >= 0.6 is 48.0 Å². The smallest absolute Gasteiger partial charge is 0.247 e. The average Bonchev–Trinajstić information content (AvgIpc) is 3.12. The van der Waals surface area contributed by atoms with E-state index in [1.54, 1.807) is 9.80 Å². The summed E-state index contributed by atoms with van der Waals surface area (Å²) in [5.74, 6) is -0.325. The molecule has 4 rings (SSSR count). The van der Waals surface area contributed by atoms with Crippen molar-refractivity contribution < 1.29 is 9.59 Å². The van der Waals surface area contributed by atoms with Crippen LogP contribution in [0.3, 0.4) is 0 Å². The molecule has 2 aliphatic heterocycles. The molecule has 2 saturated heterocycles. The Labute approximate surface area is 182 Å². The van der Waals surface area contributed by atoms with Crippen molar-refractivity contribution in [1.82, 2.24) is 0 Å². The Morgan fingerprint density at radius 3 is 1.43 bits per heavy atom. The summed E-state index contributed by atoms with van der Waals surface area (Å²) in [6.07, 6.45) is 0. The maximum absolute atomic E-state index is 13.2. The highest BCUT2D eigenvalue weighted by atomic mass is 32.2. The van der Waals surface area contributed by atoms with Crippen LogP contribution in [0.4, 0.5) is 11.4 Å². The zero-order chi connectivity index (χ0) is 20.0. The molecule has 142 valence electrons. The number of thioether (sulfide) groups is 2. The Bertz CT molecular complexity index is 941. The predicted octanol–water partition coefficient (Wildman–Crippen LogP) is 4.47. The zero-order valence-electron chi connectivity index (χ0n) is 15.1. The van der Waals surface area contributed by atoms with Crippen molar-refractivity contribution in [2.24, 2.45) is 0 Å². The third-order valence-corrected chi connectivity index (χ3v) is 8.07. The summed E-state index contributed by atoms with van der Waals surface area (Å²) in [5, 5.41) is -1.17. The second kappa shape index (κ2) is 7.59. The fraction of sp³-hybridized carbons (Fsp3) is 0.200. The fourth-order valence-electron chi connectivity index (χ4n) is 3.30. The van der Waals surface area contributed by atoms with Crippen LogP contribution in [0.2, 0.25) is 0 Å². The summed E-state index contributed by atoms with van der Waals surface area (Å²) in [4.78, 5) is 29.5. The van der Waals surface area contributed by atoms with Gasteiger partial charge in [-0.2, -0.15) is 0 Å². The van der Waals surface area contributed by atoms with E-state index in [0.717, 1.165) is 22.5 Å². The standard InChI is InChI=1S/C20H16N2O2S4/c1-11-7-3-5-9-13(11)21-17(23)15(27-19(21)25)16-18(24)22(20(26)28-16)14-10-6-4-8-12(14)2/h3-10,15-16H,1-2H3/t15-,16-/m1/s1. The van der Waals surface area contributed by atoms with Crippen molar-refractivity contribution in [2.45, 2.75) is 24.3 Å². The molecular formula is C20H16N2O2S4. The van der Waals surface area contributed by atoms with Crippen LogP contribution < -0.4 is 9.80 Å². The van der Waals surface area contributed by atoms with E-state index in [-0.39, 0.29) is 11.8 Å². The van der Waals surface area contributed by atoms with Gasteiger partial charge in [0.15, 0.2) is 0 Å². The maximum Gasteiger partial charge on any atom is 0.247 e. The molecule has 0 N–H and O–H groups in total. The number of carbonyl (C=O) groups is 2. The molecule has 28 heavy (non-hydrogen) atoms. The molecule has 0 aromatic heterocycles. The molecule has 0 radical (unpaired) electrons. The van der Waals surface area contributed by atoms with Crippen molar-refractivity contribution in [3.63, 3.8) is 0 Å². The highest BCUT2D eigenvalue weighted by Crippen LogP contribution is 2.43. The number of carbonyl (C=O) groups excluding carboxylic acids is 2. The monoisotopic (exact) mass is 444 g/mol. The molecule has 2 aliphatic rings. The first-order valence-corrected chi connectivity index (χ1v) is 11.2. The molecule has 2 aromatic rings. The molecule has 2 amide bonds. The minimum Gasteiger partial charge on any atom is -0.273 e. The van der Waals surface area contributed by atoms with E-state index < -0.39 is 10.5 Å². The number of amides is 2. The lowest BCUT2D eigenvalue weighted by Crippen LogP contribution is -2.41. The number of aryl methyl sites for hydroxylation is 2. The predicted molar refractivity (Wildman–Crippen MR) is 125 cm³/mol. The first-order chi connectivity index (χ1) is 13.4. The van der Waals surface area contributed by atoms with Crippen molar-refractivity contribution in [1.29, 1.82) is 0 Å². The fourth-order valence-corrected chi connectivity index (χ4v) is 6.55. The Morgan fingerprint density at radius 2 is 1.07 bits per heavy atom. The number of para-hydroxylation sites is 2. The average molecular weight is 445 g/mol. The first-order valence-electron chi connectivity index (χ1n) is 8.60. The Hall–Kier alpha value is -1.74. The molecule has 8 heteroatoms. The second-order valence-electron chi connectivity index (χ2n) is 6.53. The molecule has 0 saturated carbocycles. The molecule has 0 spiro atoms. The number of nitrogens with zero attached hydrogens (tertiary/aromatic N) is 2. The molecule has 0 bridgehead atoms. The minimum atomic E-state index is -0.587. The molecule has 2 aromatic carbocycles. The number of thiocarbonyl (C=S) groups is 2. The maximum atomic E-state index is 13.2. The Morgan fingerprint density at radius 1 is 0.714 bits per heavy atom. The molecule has 0 unspecified atom stereocenters. The van der Waals surface area contributed by atoms with E-state index in [2.05, 4.69) is 0 Å². The van der Waals surface area contributed by atoms with Crippen LogP contribution in [0.25, 0.3) is 0 Å². The second-order valence-corrected chi connectivity index (χ2v) is 10.1. The van der Waals surface area contributed by atoms with E-state index >= 15 is 0 Å². The van der Waals surface area contributed by atoms with Crippen LogP contribution in [0, 0.1) is 13.8 Å². The van der Waals surface area contributed by atoms with Crippen molar-refractivity contribution >= 4 is 79.8 Å². The molecule has 2 atom stereocenters. The summed E-state index contributed by atoms with van der Waals surface area (Å²) in [5.41, 5.74) is 3.45. The van der Waals surface area contributed by atoms with Crippen molar-refractivity contribution in [3.05, 3.63) is 59.7 Å². The zero-order valence-corrected chi connectivity index (χ0v) is 18.4. The number of anilines is 2. The van der Waals surface area contributed by atoms with Gasteiger partial charge in [0.2, 0.25) is 11.8 Å². The third-order valence-electron chi connectivity index (χ3n) is 4.74. The van der Waals surface area contributed by atoms with E-state index in [1.807, 2.05) is 62.4 Å². The normalized spacial score (nSPS) is 22.5. The summed E-state index contributed by atoms with van der Waals surface area (Å²) < 4.78 is 0.941. The largest absolute Gasteiger partial charge is 0.273 e. The van der Waals surface area contributed by atoms with Crippen molar-refractivity contribution in [3.8, 4) is 0 Å². The van der Waals surface area contributed by atoms with Gasteiger partial charge in [-0.1, -0.05) is 84.4 Å². The lowest BCUT2D eigenvalue weighted by Gasteiger charge is -2.20.